The van der Waals surface area contributed by atoms with Gasteiger partial charge in [-0.25, -0.2) is 0 Å². The molecule has 1 aromatic carbocycles. The molecule has 0 amide bonds. The maximum Gasteiger partial charge on any atom is 0.0681 e. The lowest BCUT2D eigenvalue weighted by Gasteiger charge is -2.22. The molecule has 1 atom stereocenters. The average molecular weight is 223 g/mol. The Bertz CT molecular complexity index is 293. The summed E-state index contributed by atoms with van der Waals surface area (Å²) in [5, 5.41) is 13.1. The molecule has 2 nitrogen and oxygen atoms in total. The van der Waals surface area contributed by atoms with Gasteiger partial charge < -0.3 is 10.4 Å². The van der Waals surface area contributed by atoms with Crippen LogP contribution < -0.4 is 5.32 Å². The predicted octanol–water partition coefficient (Wildman–Crippen LogP) is 2.02. The summed E-state index contributed by atoms with van der Waals surface area (Å²) in [7, 11) is 0. The maximum absolute atomic E-state index is 8.93. The SMILES string of the molecule is OCc1ccc(SC2CCCNC2)cc1. The van der Waals surface area contributed by atoms with Crippen LogP contribution in [-0.4, -0.2) is 23.4 Å². The standard InChI is InChI=1S/C12H17NOS/c14-9-10-3-5-11(6-4-10)15-12-2-1-7-13-8-12/h3-6,12-14H,1-2,7-9H2. The zero-order chi connectivity index (χ0) is 10.5. The van der Waals surface area contributed by atoms with Crippen molar-refractivity contribution in [1.82, 2.24) is 5.32 Å². The minimum Gasteiger partial charge on any atom is -0.392 e. The van der Waals surface area contributed by atoms with Crippen molar-refractivity contribution in [2.24, 2.45) is 0 Å². The van der Waals surface area contributed by atoms with Crippen molar-refractivity contribution in [1.29, 1.82) is 0 Å². The van der Waals surface area contributed by atoms with Crippen LogP contribution in [-0.2, 0) is 6.61 Å². The maximum atomic E-state index is 8.93. The molecule has 0 saturated carbocycles. The number of aliphatic hydroxyl groups is 1. The quantitative estimate of drug-likeness (QED) is 0.822. The summed E-state index contributed by atoms with van der Waals surface area (Å²) in [6.45, 7) is 2.42. The van der Waals surface area contributed by atoms with Crippen molar-refractivity contribution in [2.45, 2.75) is 29.6 Å². The lowest BCUT2D eigenvalue weighted by Crippen LogP contribution is -2.31. The first-order valence-electron chi connectivity index (χ1n) is 5.45. The van der Waals surface area contributed by atoms with E-state index in [0.717, 1.165) is 12.1 Å². The molecule has 15 heavy (non-hydrogen) atoms. The molecule has 0 aromatic heterocycles. The largest absolute Gasteiger partial charge is 0.392 e. The fourth-order valence-corrected chi connectivity index (χ4v) is 2.95. The number of piperidine rings is 1. The monoisotopic (exact) mass is 223 g/mol. The molecule has 2 N–H and O–H groups in total. The predicted molar refractivity (Wildman–Crippen MR) is 64.1 cm³/mol. The Morgan fingerprint density at radius 1 is 1.33 bits per heavy atom. The third-order valence-corrected chi connectivity index (χ3v) is 3.94. The fourth-order valence-electron chi connectivity index (χ4n) is 1.79. The van der Waals surface area contributed by atoms with E-state index in [2.05, 4.69) is 17.4 Å². The summed E-state index contributed by atoms with van der Waals surface area (Å²) in [6, 6.07) is 8.20. The molecule has 0 radical (unpaired) electrons. The molecule has 2 rings (SSSR count). The first kappa shape index (κ1) is 11.0. The summed E-state index contributed by atoms with van der Waals surface area (Å²) < 4.78 is 0. The van der Waals surface area contributed by atoms with Gasteiger partial charge in [0.05, 0.1) is 6.61 Å². The highest BCUT2D eigenvalue weighted by molar-refractivity contribution is 8.00. The first-order chi connectivity index (χ1) is 7.38. The fraction of sp³-hybridized carbons (Fsp3) is 0.500. The number of aliphatic hydroxyl groups excluding tert-OH is 1. The number of rotatable bonds is 3. The number of hydrogen-bond donors (Lipinski definition) is 2. The third-order valence-electron chi connectivity index (χ3n) is 2.66. The third kappa shape index (κ3) is 3.23. The topological polar surface area (TPSA) is 32.3 Å². The van der Waals surface area contributed by atoms with Gasteiger partial charge in [0.1, 0.15) is 0 Å². The van der Waals surface area contributed by atoms with Crippen LogP contribution in [0.5, 0.6) is 0 Å². The molecule has 82 valence electrons. The number of benzene rings is 1. The van der Waals surface area contributed by atoms with Crippen molar-refractivity contribution in [3.63, 3.8) is 0 Å². The van der Waals surface area contributed by atoms with E-state index in [4.69, 9.17) is 5.11 Å². The first-order valence-corrected chi connectivity index (χ1v) is 6.33. The van der Waals surface area contributed by atoms with E-state index in [1.54, 1.807) is 0 Å². The number of hydrogen-bond acceptors (Lipinski definition) is 3. The van der Waals surface area contributed by atoms with Gasteiger partial charge in [0.15, 0.2) is 0 Å². The van der Waals surface area contributed by atoms with Crippen LogP contribution in [0.1, 0.15) is 18.4 Å². The highest BCUT2D eigenvalue weighted by atomic mass is 32.2. The Balaban J connectivity index is 1.91. The Morgan fingerprint density at radius 3 is 2.73 bits per heavy atom. The van der Waals surface area contributed by atoms with E-state index in [9.17, 15) is 0 Å². The molecule has 1 heterocycles. The minimum absolute atomic E-state index is 0.135. The highest BCUT2D eigenvalue weighted by Crippen LogP contribution is 2.27. The van der Waals surface area contributed by atoms with Gasteiger partial charge in [-0.2, -0.15) is 0 Å². The number of nitrogens with one attached hydrogen (secondary N) is 1. The smallest absolute Gasteiger partial charge is 0.0681 e. The van der Waals surface area contributed by atoms with Gasteiger partial charge in [-0.1, -0.05) is 12.1 Å². The van der Waals surface area contributed by atoms with Crippen LogP contribution in [0.3, 0.4) is 0 Å². The van der Waals surface area contributed by atoms with E-state index in [0.29, 0.717) is 5.25 Å². The van der Waals surface area contributed by atoms with Crippen molar-refractivity contribution in [3.05, 3.63) is 29.8 Å². The molecular formula is C12H17NOS. The van der Waals surface area contributed by atoms with Gasteiger partial charge >= 0.3 is 0 Å². The zero-order valence-electron chi connectivity index (χ0n) is 8.78. The molecule has 1 aliphatic heterocycles. The molecule has 0 aliphatic carbocycles. The lowest BCUT2D eigenvalue weighted by molar-refractivity contribution is 0.282. The van der Waals surface area contributed by atoms with Gasteiger partial charge in [-0.05, 0) is 37.1 Å². The van der Waals surface area contributed by atoms with Crippen LogP contribution in [0.25, 0.3) is 0 Å². The molecule has 1 saturated heterocycles. The van der Waals surface area contributed by atoms with Crippen LogP contribution in [0, 0.1) is 0 Å². The average Bonchev–Trinajstić information content (AvgIpc) is 2.31. The Kier molecular flexibility index (Phi) is 4.06. The van der Waals surface area contributed by atoms with E-state index < -0.39 is 0 Å². The Labute approximate surface area is 95.1 Å². The Hall–Kier alpha value is -0.510. The van der Waals surface area contributed by atoms with Crippen molar-refractivity contribution >= 4 is 11.8 Å². The van der Waals surface area contributed by atoms with Crippen LogP contribution in [0.15, 0.2) is 29.2 Å². The zero-order valence-corrected chi connectivity index (χ0v) is 9.59. The summed E-state index contributed by atoms with van der Waals surface area (Å²) in [4.78, 5) is 1.31. The van der Waals surface area contributed by atoms with E-state index in [-0.39, 0.29) is 6.61 Å². The summed E-state index contributed by atoms with van der Waals surface area (Å²) in [5.41, 5.74) is 0.987. The van der Waals surface area contributed by atoms with Gasteiger partial charge in [-0.3, -0.25) is 0 Å². The van der Waals surface area contributed by atoms with Crippen molar-refractivity contribution < 1.29 is 5.11 Å². The van der Waals surface area contributed by atoms with E-state index >= 15 is 0 Å². The van der Waals surface area contributed by atoms with Gasteiger partial charge in [-0.15, -0.1) is 11.8 Å². The normalized spacial score (nSPS) is 21.5. The van der Waals surface area contributed by atoms with Crippen LogP contribution in [0.2, 0.25) is 0 Å². The summed E-state index contributed by atoms with van der Waals surface area (Å²) in [5.74, 6) is 0. The molecular weight excluding hydrogens is 206 g/mol. The molecule has 0 bridgehead atoms. The van der Waals surface area contributed by atoms with Crippen molar-refractivity contribution in [3.8, 4) is 0 Å². The van der Waals surface area contributed by atoms with E-state index in [1.165, 1.54) is 24.3 Å². The van der Waals surface area contributed by atoms with Crippen LogP contribution >= 0.6 is 11.8 Å². The van der Waals surface area contributed by atoms with Crippen LogP contribution in [0.4, 0.5) is 0 Å². The number of thioether (sulfide) groups is 1. The van der Waals surface area contributed by atoms with Gasteiger partial charge in [0, 0.05) is 16.7 Å². The lowest BCUT2D eigenvalue weighted by atomic mass is 10.2. The Morgan fingerprint density at radius 2 is 2.13 bits per heavy atom. The summed E-state index contributed by atoms with van der Waals surface area (Å²) >= 11 is 1.94. The summed E-state index contributed by atoms with van der Waals surface area (Å²) in [6.07, 6.45) is 2.59. The van der Waals surface area contributed by atoms with Gasteiger partial charge in [0.2, 0.25) is 0 Å². The molecule has 0 spiro atoms. The second-order valence-electron chi connectivity index (χ2n) is 3.89. The minimum atomic E-state index is 0.135. The molecule has 1 fully saturated rings. The molecule has 1 aliphatic rings. The molecule has 1 aromatic rings. The van der Waals surface area contributed by atoms with Gasteiger partial charge in [0.25, 0.3) is 0 Å². The second-order valence-corrected chi connectivity index (χ2v) is 5.26. The van der Waals surface area contributed by atoms with E-state index in [1.807, 2.05) is 23.9 Å². The molecule has 1 unspecified atom stereocenters. The highest BCUT2D eigenvalue weighted by Gasteiger charge is 2.13. The molecule has 3 heteroatoms. The second kappa shape index (κ2) is 5.54. The van der Waals surface area contributed by atoms with Crippen molar-refractivity contribution in [2.75, 3.05) is 13.1 Å².